The summed E-state index contributed by atoms with van der Waals surface area (Å²) in [6.07, 6.45) is 1.80. The third-order valence-corrected chi connectivity index (χ3v) is 2.76. The third kappa shape index (κ3) is 2.67. The maximum absolute atomic E-state index is 11.7. The van der Waals surface area contributed by atoms with Crippen molar-refractivity contribution in [3.05, 3.63) is 24.2 Å². The molecule has 0 aromatic carbocycles. The average Bonchev–Trinajstić information content (AvgIpc) is 2.91. The molecule has 1 aliphatic rings. The first-order valence-corrected chi connectivity index (χ1v) is 5.67. The van der Waals surface area contributed by atoms with Crippen molar-refractivity contribution in [2.24, 2.45) is 5.92 Å². The van der Waals surface area contributed by atoms with E-state index in [9.17, 15) is 9.59 Å². The number of hydrogen-bond acceptors (Lipinski definition) is 4. The predicted octanol–water partition coefficient (Wildman–Crippen LogP) is 1.19. The molecule has 0 N–H and O–H groups in total. The summed E-state index contributed by atoms with van der Waals surface area (Å²) in [5, 5.41) is 0. The number of carbonyl (C=O) groups excluding carboxylic acids is 2. The molecule has 92 valence electrons. The van der Waals surface area contributed by atoms with Crippen LogP contribution >= 0.6 is 0 Å². The number of nitrogens with zero attached hydrogens (tertiary/aromatic N) is 1. The Bertz CT molecular complexity index is 399. The second-order valence-electron chi connectivity index (χ2n) is 4.01. The van der Waals surface area contributed by atoms with E-state index in [1.54, 1.807) is 24.2 Å². The van der Waals surface area contributed by atoms with E-state index < -0.39 is 0 Å². The largest absolute Gasteiger partial charge is 0.467 e. The molecule has 1 amide bonds. The lowest BCUT2D eigenvalue weighted by Crippen LogP contribution is -2.26. The maximum Gasteiger partial charge on any atom is 0.311 e. The van der Waals surface area contributed by atoms with Crippen LogP contribution in [0.3, 0.4) is 0 Å². The zero-order valence-electron chi connectivity index (χ0n) is 9.72. The highest BCUT2D eigenvalue weighted by atomic mass is 16.5. The number of carbonyl (C=O) groups is 2. The topological polar surface area (TPSA) is 59.8 Å². The van der Waals surface area contributed by atoms with E-state index in [4.69, 9.17) is 9.15 Å². The first kappa shape index (κ1) is 11.7. The number of amides is 1. The van der Waals surface area contributed by atoms with Crippen molar-refractivity contribution in [1.29, 1.82) is 0 Å². The lowest BCUT2D eigenvalue weighted by Gasteiger charge is -2.14. The van der Waals surface area contributed by atoms with E-state index in [1.165, 1.54) is 0 Å². The lowest BCUT2D eigenvalue weighted by molar-refractivity contribution is -0.147. The van der Waals surface area contributed by atoms with Crippen LogP contribution in [-0.4, -0.2) is 29.9 Å². The average molecular weight is 237 g/mol. The summed E-state index contributed by atoms with van der Waals surface area (Å²) >= 11 is 0. The Morgan fingerprint density at radius 2 is 2.47 bits per heavy atom. The second kappa shape index (κ2) is 5.03. The van der Waals surface area contributed by atoms with E-state index in [0.717, 1.165) is 5.76 Å². The fourth-order valence-electron chi connectivity index (χ4n) is 1.93. The highest BCUT2D eigenvalue weighted by Crippen LogP contribution is 2.21. The van der Waals surface area contributed by atoms with Gasteiger partial charge in [0, 0.05) is 13.0 Å². The van der Waals surface area contributed by atoms with Crippen molar-refractivity contribution in [2.75, 3.05) is 13.2 Å². The summed E-state index contributed by atoms with van der Waals surface area (Å²) in [4.78, 5) is 24.8. The predicted molar refractivity (Wildman–Crippen MR) is 58.9 cm³/mol. The molecule has 1 saturated heterocycles. The molecule has 0 spiro atoms. The van der Waals surface area contributed by atoms with Gasteiger partial charge < -0.3 is 14.1 Å². The fraction of sp³-hybridized carbons (Fsp3) is 0.500. The zero-order chi connectivity index (χ0) is 12.3. The molecule has 0 bridgehead atoms. The molecule has 17 heavy (non-hydrogen) atoms. The molecule has 0 radical (unpaired) electrons. The van der Waals surface area contributed by atoms with E-state index in [2.05, 4.69) is 0 Å². The van der Waals surface area contributed by atoms with Gasteiger partial charge >= 0.3 is 5.97 Å². The SMILES string of the molecule is CCOC(=O)[C@H]1CC(=O)N(Cc2ccco2)C1. The molecule has 1 aliphatic heterocycles. The van der Waals surface area contributed by atoms with Gasteiger partial charge in [0.05, 0.1) is 25.3 Å². The van der Waals surface area contributed by atoms with Crippen molar-refractivity contribution in [3.63, 3.8) is 0 Å². The van der Waals surface area contributed by atoms with Crippen molar-refractivity contribution in [3.8, 4) is 0 Å². The summed E-state index contributed by atoms with van der Waals surface area (Å²) in [5.74, 6) is 0.0718. The van der Waals surface area contributed by atoms with Crippen LogP contribution in [0.25, 0.3) is 0 Å². The third-order valence-electron chi connectivity index (χ3n) is 2.76. The van der Waals surface area contributed by atoms with Crippen molar-refractivity contribution in [2.45, 2.75) is 19.9 Å². The molecule has 0 unspecified atom stereocenters. The van der Waals surface area contributed by atoms with Gasteiger partial charge in [-0.3, -0.25) is 9.59 Å². The minimum atomic E-state index is -0.336. The number of esters is 1. The van der Waals surface area contributed by atoms with E-state index in [-0.39, 0.29) is 24.2 Å². The molecule has 5 nitrogen and oxygen atoms in total. The molecule has 5 heteroatoms. The molecule has 1 atom stereocenters. The van der Waals surface area contributed by atoms with E-state index in [1.807, 2.05) is 6.07 Å². The van der Waals surface area contributed by atoms with Crippen molar-refractivity contribution < 1.29 is 18.7 Å². The number of rotatable bonds is 4. The Morgan fingerprint density at radius 1 is 1.65 bits per heavy atom. The number of ether oxygens (including phenoxy) is 1. The van der Waals surface area contributed by atoms with Gasteiger partial charge in [-0.15, -0.1) is 0 Å². The molecule has 1 fully saturated rings. The van der Waals surface area contributed by atoms with Gasteiger partial charge in [0.1, 0.15) is 5.76 Å². The molecule has 0 aliphatic carbocycles. The summed E-state index contributed by atoms with van der Waals surface area (Å²) in [6.45, 7) is 2.94. The summed E-state index contributed by atoms with van der Waals surface area (Å²) in [5.41, 5.74) is 0. The van der Waals surface area contributed by atoms with Crippen LogP contribution in [-0.2, 0) is 20.9 Å². The normalized spacial score (nSPS) is 19.7. The zero-order valence-corrected chi connectivity index (χ0v) is 9.72. The summed E-state index contributed by atoms with van der Waals surface area (Å²) < 4.78 is 10.1. The van der Waals surface area contributed by atoms with Crippen molar-refractivity contribution >= 4 is 11.9 Å². The van der Waals surface area contributed by atoms with Gasteiger partial charge in [-0.2, -0.15) is 0 Å². The minimum absolute atomic E-state index is 0.0283. The molecule has 1 aromatic rings. The smallest absolute Gasteiger partial charge is 0.311 e. The van der Waals surface area contributed by atoms with Gasteiger partial charge in [-0.25, -0.2) is 0 Å². The first-order valence-electron chi connectivity index (χ1n) is 5.67. The highest BCUT2D eigenvalue weighted by Gasteiger charge is 2.35. The number of hydrogen-bond donors (Lipinski definition) is 0. The van der Waals surface area contributed by atoms with Crippen molar-refractivity contribution in [1.82, 2.24) is 4.90 Å². The van der Waals surface area contributed by atoms with Gasteiger partial charge in [-0.1, -0.05) is 0 Å². The van der Waals surface area contributed by atoms with Crippen LogP contribution in [0.2, 0.25) is 0 Å². The molecular weight excluding hydrogens is 222 g/mol. The van der Waals surface area contributed by atoms with Gasteiger partial charge in [0.2, 0.25) is 5.91 Å². The van der Waals surface area contributed by atoms with E-state index >= 15 is 0 Å². The van der Waals surface area contributed by atoms with Gasteiger partial charge in [-0.05, 0) is 19.1 Å². The fourth-order valence-corrected chi connectivity index (χ4v) is 1.93. The Kier molecular flexibility index (Phi) is 3.46. The number of furan rings is 1. The standard InChI is InChI=1S/C12H15NO4/c1-2-16-12(15)9-6-11(14)13(7-9)8-10-4-3-5-17-10/h3-5,9H,2,6-8H2,1H3/t9-/m0/s1. The molecule has 1 aromatic heterocycles. The lowest BCUT2D eigenvalue weighted by atomic mass is 10.1. The highest BCUT2D eigenvalue weighted by molar-refractivity contribution is 5.86. The first-order chi connectivity index (χ1) is 8.20. The Hall–Kier alpha value is -1.78. The number of likely N-dealkylation sites (tertiary alicyclic amines) is 1. The molecule has 0 saturated carbocycles. The summed E-state index contributed by atoms with van der Waals surface area (Å²) in [6, 6.07) is 3.59. The Labute approximate surface area is 99.3 Å². The maximum atomic E-state index is 11.7. The summed E-state index contributed by atoms with van der Waals surface area (Å²) in [7, 11) is 0. The second-order valence-corrected chi connectivity index (χ2v) is 4.01. The van der Waals surface area contributed by atoms with Crippen LogP contribution < -0.4 is 0 Å². The quantitative estimate of drug-likeness (QED) is 0.738. The molecule has 2 rings (SSSR count). The van der Waals surface area contributed by atoms with Gasteiger partial charge in [0.25, 0.3) is 0 Å². The minimum Gasteiger partial charge on any atom is -0.467 e. The Morgan fingerprint density at radius 3 is 3.12 bits per heavy atom. The molecular formula is C12H15NO4. The Balaban J connectivity index is 1.93. The van der Waals surface area contributed by atoms with E-state index in [0.29, 0.717) is 19.7 Å². The van der Waals surface area contributed by atoms with Gasteiger partial charge in [0.15, 0.2) is 0 Å². The van der Waals surface area contributed by atoms with Crippen LogP contribution in [0.5, 0.6) is 0 Å². The van der Waals surface area contributed by atoms with Crippen LogP contribution in [0.1, 0.15) is 19.1 Å². The molecule has 2 heterocycles. The van der Waals surface area contributed by atoms with Crippen LogP contribution in [0.15, 0.2) is 22.8 Å². The van der Waals surface area contributed by atoms with Crippen LogP contribution in [0, 0.1) is 5.92 Å². The van der Waals surface area contributed by atoms with Crippen LogP contribution in [0.4, 0.5) is 0 Å². The monoisotopic (exact) mass is 237 g/mol.